The molecule has 2 heterocycles. The van der Waals surface area contributed by atoms with Crippen LogP contribution in [0.25, 0.3) is 33.4 Å². The molecule has 3 aromatic carbocycles. The molecule has 40 heavy (non-hydrogen) atoms. The van der Waals surface area contributed by atoms with E-state index in [-0.39, 0.29) is 11.8 Å². The van der Waals surface area contributed by atoms with Gasteiger partial charge in [0.2, 0.25) is 5.91 Å². The van der Waals surface area contributed by atoms with Gasteiger partial charge >= 0.3 is 0 Å². The molecule has 6 heteroatoms. The van der Waals surface area contributed by atoms with Gasteiger partial charge in [0.25, 0.3) is 0 Å². The van der Waals surface area contributed by atoms with Gasteiger partial charge in [0.1, 0.15) is 11.6 Å². The van der Waals surface area contributed by atoms with E-state index in [1.165, 1.54) is 23.6 Å². The predicted octanol–water partition coefficient (Wildman–Crippen LogP) is 6.93. The summed E-state index contributed by atoms with van der Waals surface area (Å²) in [6, 6.07) is 26.6. The number of aromatic amines is 1. The Morgan fingerprint density at radius 3 is 2.48 bits per heavy atom. The lowest BCUT2D eigenvalue weighted by molar-refractivity contribution is -0.123. The number of ether oxygens (including phenoxy) is 1. The van der Waals surface area contributed by atoms with E-state index in [2.05, 4.69) is 57.7 Å². The molecule has 0 spiro atoms. The number of fused-ring (bicyclic) bond motifs is 1. The molecule has 2 N–H and O–H groups in total. The second kappa shape index (κ2) is 11.7. The number of imidazole rings is 1. The smallest absolute Gasteiger partial charge is 0.227 e. The highest BCUT2D eigenvalue weighted by Gasteiger charge is 2.33. The molecule has 1 unspecified atom stereocenters. The maximum Gasteiger partial charge on any atom is 0.227 e. The highest BCUT2D eigenvalue weighted by atomic mass is 16.5. The number of nitrogens with one attached hydrogen (secondary N) is 2. The quantitative estimate of drug-likeness (QED) is 0.216. The number of methoxy groups -OCH3 is 1. The van der Waals surface area contributed by atoms with Crippen molar-refractivity contribution in [2.45, 2.75) is 38.0 Å². The van der Waals surface area contributed by atoms with Crippen LogP contribution in [0.3, 0.4) is 0 Å². The zero-order valence-electron chi connectivity index (χ0n) is 22.8. The average Bonchev–Trinajstić information content (AvgIpc) is 3.69. The van der Waals surface area contributed by atoms with Crippen molar-refractivity contribution in [3.63, 3.8) is 0 Å². The fraction of sp³-hybridized carbons (Fsp3) is 0.265. The van der Waals surface area contributed by atoms with Crippen molar-refractivity contribution in [2.24, 2.45) is 5.92 Å². The number of hydrogen-bond acceptors (Lipinski definition) is 4. The van der Waals surface area contributed by atoms with E-state index in [1.54, 1.807) is 19.5 Å². The molecule has 1 fully saturated rings. The second-order valence-electron chi connectivity index (χ2n) is 10.5. The molecule has 0 aliphatic heterocycles. The van der Waals surface area contributed by atoms with Crippen LogP contribution in [0.1, 0.15) is 42.9 Å². The van der Waals surface area contributed by atoms with Gasteiger partial charge in [0.05, 0.1) is 18.7 Å². The Morgan fingerprint density at radius 1 is 0.950 bits per heavy atom. The van der Waals surface area contributed by atoms with Crippen molar-refractivity contribution in [1.82, 2.24) is 20.3 Å². The fourth-order valence-electron chi connectivity index (χ4n) is 6.07. The van der Waals surface area contributed by atoms with Crippen molar-refractivity contribution in [1.29, 1.82) is 0 Å². The van der Waals surface area contributed by atoms with Gasteiger partial charge in [-0.15, -0.1) is 0 Å². The van der Waals surface area contributed by atoms with Gasteiger partial charge in [-0.05, 0) is 71.5 Å². The minimum Gasteiger partial charge on any atom is -0.497 e. The van der Waals surface area contributed by atoms with Gasteiger partial charge in [-0.3, -0.25) is 9.78 Å². The summed E-state index contributed by atoms with van der Waals surface area (Å²) >= 11 is 0. The van der Waals surface area contributed by atoms with Crippen molar-refractivity contribution in [3.8, 4) is 28.4 Å². The van der Waals surface area contributed by atoms with Crippen molar-refractivity contribution in [3.05, 3.63) is 103 Å². The molecule has 6 rings (SSSR count). The summed E-state index contributed by atoms with van der Waals surface area (Å²) in [6.45, 7) is 0.522. The first kappa shape index (κ1) is 25.8. The van der Waals surface area contributed by atoms with Gasteiger partial charge in [-0.1, -0.05) is 55.3 Å². The van der Waals surface area contributed by atoms with Crippen LogP contribution in [-0.2, 0) is 11.2 Å². The lowest BCUT2D eigenvalue weighted by Crippen LogP contribution is -2.34. The Balaban J connectivity index is 1.25. The number of carbonyl (C=O) groups is 1. The predicted molar refractivity (Wildman–Crippen MR) is 159 cm³/mol. The maximum absolute atomic E-state index is 13.9. The molecule has 0 bridgehead atoms. The first-order valence-corrected chi connectivity index (χ1v) is 14.1. The largest absolute Gasteiger partial charge is 0.497 e. The summed E-state index contributed by atoms with van der Waals surface area (Å²) in [5.41, 5.74) is 4.98. The highest BCUT2D eigenvalue weighted by molar-refractivity contribution is 5.93. The van der Waals surface area contributed by atoms with Crippen LogP contribution in [-0.4, -0.2) is 34.5 Å². The maximum atomic E-state index is 13.9. The number of benzene rings is 3. The van der Waals surface area contributed by atoms with Gasteiger partial charge in [-0.2, -0.15) is 0 Å². The molecule has 1 atom stereocenters. The van der Waals surface area contributed by atoms with E-state index in [0.29, 0.717) is 18.9 Å². The minimum atomic E-state index is -0.149. The van der Waals surface area contributed by atoms with E-state index in [9.17, 15) is 4.79 Å². The molecule has 1 amide bonds. The molecule has 202 valence electrons. The summed E-state index contributed by atoms with van der Waals surface area (Å²) in [5.74, 6) is 1.92. The number of aromatic nitrogens is 3. The number of pyridine rings is 1. The minimum absolute atomic E-state index is 0.114. The zero-order chi connectivity index (χ0) is 27.3. The number of amides is 1. The van der Waals surface area contributed by atoms with Crippen molar-refractivity contribution < 1.29 is 9.53 Å². The first-order valence-electron chi connectivity index (χ1n) is 14.1. The SMILES string of the molecule is COc1ccc(-c2nc(-c3ccncc3)[nH]c2CCNC(=O)C(c2cccc3ccccc23)C2CCCC2)cc1. The van der Waals surface area contributed by atoms with Crippen LogP contribution < -0.4 is 10.1 Å². The van der Waals surface area contributed by atoms with Crippen LogP contribution in [0.5, 0.6) is 5.75 Å². The lowest BCUT2D eigenvalue weighted by atomic mass is 9.82. The molecular formula is C34H34N4O2. The Labute approximate surface area is 234 Å². The molecular weight excluding hydrogens is 496 g/mol. The van der Waals surface area contributed by atoms with Gasteiger partial charge in [0.15, 0.2) is 0 Å². The van der Waals surface area contributed by atoms with Crippen molar-refractivity contribution >= 4 is 16.7 Å². The topological polar surface area (TPSA) is 79.9 Å². The van der Waals surface area contributed by atoms with Crippen LogP contribution in [0, 0.1) is 5.92 Å². The lowest BCUT2D eigenvalue weighted by Gasteiger charge is -2.24. The standard InChI is InChI=1S/C34H34N4O2/c1-40-27-15-13-25(14-16-27)32-30(37-33(38-32)26-17-20-35-21-18-26)19-22-36-34(39)31(24-8-2-3-9-24)29-12-6-10-23-7-4-5-11-28(23)29/h4-7,10-18,20-21,24,31H,2-3,8-9,19,22H2,1H3,(H,36,39)(H,37,38). The molecule has 5 aromatic rings. The van der Waals surface area contributed by atoms with Gasteiger partial charge < -0.3 is 15.0 Å². The van der Waals surface area contributed by atoms with E-state index < -0.39 is 0 Å². The number of carbonyl (C=O) groups excluding carboxylic acids is 1. The highest BCUT2D eigenvalue weighted by Crippen LogP contribution is 2.40. The third-order valence-corrected chi connectivity index (χ3v) is 8.08. The molecule has 0 radical (unpaired) electrons. The molecule has 1 aliphatic rings. The van der Waals surface area contributed by atoms with Crippen LogP contribution in [0.4, 0.5) is 0 Å². The van der Waals surface area contributed by atoms with Gasteiger partial charge in [0, 0.05) is 42.2 Å². The summed E-state index contributed by atoms with van der Waals surface area (Å²) in [6.07, 6.45) is 8.74. The molecule has 1 saturated carbocycles. The van der Waals surface area contributed by atoms with Crippen LogP contribution in [0.2, 0.25) is 0 Å². The Morgan fingerprint density at radius 2 is 1.70 bits per heavy atom. The fourth-order valence-corrected chi connectivity index (χ4v) is 6.07. The first-order chi connectivity index (χ1) is 19.7. The molecule has 1 aliphatic carbocycles. The number of nitrogens with zero attached hydrogens (tertiary/aromatic N) is 2. The van der Waals surface area contributed by atoms with E-state index in [4.69, 9.17) is 9.72 Å². The Bertz CT molecular complexity index is 1580. The Kier molecular flexibility index (Phi) is 7.58. The summed E-state index contributed by atoms with van der Waals surface area (Å²) in [4.78, 5) is 26.5. The number of hydrogen-bond donors (Lipinski definition) is 2. The van der Waals surface area contributed by atoms with Crippen LogP contribution in [0.15, 0.2) is 91.3 Å². The number of rotatable bonds is 9. The van der Waals surface area contributed by atoms with Crippen molar-refractivity contribution in [2.75, 3.05) is 13.7 Å². The molecule has 0 saturated heterocycles. The van der Waals surface area contributed by atoms with E-state index >= 15 is 0 Å². The van der Waals surface area contributed by atoms with E-state index in [1.807, 2.05) is 36.4 Å². The third kappa shape index (κ3) is 5.34. The summed E-state index contributed by atoms with van der Waals surface area (Å²) in [5, 5.41) is 5.66. The third-order valence-electron chi connectivity index (χ3n) is 8.08. The Hall–Kier alpha value is -4.45. The zero-order valence-corrected chi connectivity index (χ0v) is 22.8. The van der Waals surface area contributed by atoms with Gasteiger partial charge in [-0.25, -0.2) is 4.98 Å². The van der Waals surface area contributed by atoms with E-state index in [0.717, 1.165) is 52.5 Å². The molecule has 6 nitrogen and oxygen atoms in total. The monoisotopic (exact) mass is 530 g/mol. The summed E-state index contributed by atoms with van der Waals surface area (Å²) in [7, 11) is 1.66. The normalized spacial score (nSPS) is 14.3. The summed E-state index contributed by atoms with van der Waals surface area (Å²) < 4.78 is 5.35. The van der Waals surface area contributed by atoms with Crippen LogP contribution >= 0.6 is 0 Å². The number of H-pyrrole nitrogens is 1. The second-order valence-corrected chi connectivity index (χ2v) is 10.5. The molecule has 2 aromatic heterocycles. The average molecular weight is 531 g/mol.